The van der Waals surface area contributed by atoms with Crippen molar-refractivity contribution in [2.75, 3.05) is 33.0 Å². The molecule has 1 N–H and O–H groups in total. The van der Waals surface area contributed by atoms with E-state index in [1.54, 1.807) is 0 Å². The summed E-state index contributed by atoms with van der Waals surface area (Å²) in [5, 5.41) is 11.2. The van der Waals surface area contributed by atoms with E-state index in [0.717, 1.165) is 62.2 Å². The van der Waals surface area contributed by atoms with Crippen molar-refractivity contribution < 1.29 is 33.5 Å². The summed E-state index contributed by atoms with van der Waals surface area (Å²) in [6.45, 7) is 15.1. The molecule has 0 amide bonds. The molecule has 6 aromatic carbocycles. The summed E-state index contributed by atoms with van der Waals surface area (Å²) in [6, 6.07) is 48.8. The Hall–Kier alpha value is -5.28. The van der Waals surface area contributed by atoms with Crippen molar-refractivity contribution in [2.45, 2.75) is 114 Å². The number of ether oxygens (including phenoxy) is 6. The van der Waals surface area contributed by atoms with Gasteiger partial charge in [-0.2, -0.15) is 0 Å². The Morgan fingerprint density at radius 1 is 0.591 bits per heavy atom. The molecule has 7 nitrogen and oxygen atoms in total. The molecule has 6 aromatic rings. The minimum absolute atomic E-state index is 0.118. The molecule has 0 aromatic heterocycles. The molecule has 10 rings (SSSR count). The van der Waals surface area contributed by atoms with Gasteiger partial charge in [0.15, 0.2) is 0 Å². The zero-order chi connectivity index (χ0) is 45.7. The molecule has 342 valence electrons. The highest BCUT2D eigenvalue weighted by atomic mass is 16.7. The lowest BCUT2D eigenvalue weighted by Gasteiger charge is -2.34. The van der Waals surface area contributed by atoms with Crippen molar-refractivity contribution in [3.63, 3.8) is 0 Å². The number of hydrogen-bond acceptors (Lipinski definition) is 7. The van der Waals surface area contributed by atoms with E-state index in [4.69, 9.17) is 28.4 Å². The third-order valence-electron chi connectivity index (χ3n) is 14.9. The topological polar surface area (TPSA) is 78.9 Å². The summed E-state index contributed by atoms with van der Waals surface area (Å²) < 4.78 is 35.9. The molecule has 0 spiro atoms. The number of fused-ring (bicyclic) bond motifs is 2. The third kappa shape index (κ3) is 8.61. The minimum atomic E-state index is -0.813. The molecule has 4 aliphatic rings. The maximum absolute atomic E-state index is 11.2. The maximum atomic E-state index is 11.2. The quantitative estimate of drug-likeness (QED) is 0.0914. The van der Waals surface area contributed by atoms with Crippen LogP contribution < -0.4 is 9.47 Å². The van der Waals surface area contributed by atoms with Gasteiger partial charge in [0.25, 0.3) is 0 Å². The second-order valence-corrected chi connectivity index (χ2v) is 20.1. The van der Waals surface area contributed by atoms with Crippen molar-refractivity contribution in [1.29, 1.82) is 0 Å². The van der Waals surface area contributed by atoms with Gasteiger partial charge in [-0.15, -0.1) is 0 Å². The summed E-state index contributed by atoms with van der Waals surface area (Å²) in [7, 11) is 0. The van der Waals surface area contributed by atoms with Crippen molar-refractivity contribution in [1.82, 2.24) is 0 Å². The Morgan fingerprint density at radius 3 is 1.50 bits per heavy atom. The molecule has 7 heteroatoms. The van der Waals surface area contributed by atoms with Crippen LogP contribution in [0.4, 0.5) is 0 Å². The van der Waals surface area contributed by atoms with E-state index in [1.807, 2.05) is 12.1 Å². The Kier molecular flexibility index (Phi) is 12.0. The molecule has 0 bridgehead atoms. The van der Waals surface area contributed by atoms with E-state index in [0.29, 0.717) is 12.4 Å². The van der Waals surface area contributed by atoms with E-state index in [1.165, 1.54) is 55.6 Å². The van der Waals surface area contributed by atoms with Gasteiger partial charge in [0.2, 0.25) is 6.29 Å². The van der Waals surface area contributed by atoms with Crippen molar-refractivity contribution in [3.05, 3.63) is 200 Å². The summed E-state index contributed by atoms with van der Waals surface area (Å²) in [5.74, 6) is 1.55. The normalized spacial score (nSPS) is 22.6. The Bertz CT molecular complexity index is 2640. The van der Waals surface area contributed by atoms with Crippen molar-refractivity contribution >= 4 is 0 Å². The summed E-state index contributed by atoms with van der Waals surface area (Å²) in [4.78, 5) is 0. The Labute approximate surface area is 391 Å². The second-order valence-electron chi connectivity index (χ2n) is 20.1. The SMILES string of the molecule is Cc1ccc2c(c1)C(c1ccc(OC3CCO3)cc1)(c1ccc(C(C)(C)OCC(O)COc3ccc(C4(c5ccc(C(C)(C)OCC6CO6)cc5)CCc5ccc(C)cc54)cc3)cc1)CC2. The largest absolute Gasteiger partial charge is 0.491 e. The number of aliphatic hydroxyl groups is 1. The highest BCUT2D eigenvalue weighted by molar-refractivity contribution is 5.60. The lowest BCUT2D eigenvalue weighted by Crippen LogP contribution is -2.32. The molecule has 2 aliphatic carbocycles. The Morgan fingerprint density at radius 2 is 1.05 bits per heavy atom. The summed E-state index contributed by atoms with van der Waals surface area (Å²) in [6.07, 6.45) is 4.18. The van der Waals surface area contributed by atoms with Crippen LogP contribution in [0, 0.1) is 13.8 Å². The van der Waals surface area contributed by atoms with Crippen LogP contribution in [0.25, 0.3) is 0 Å². The first-order valence-electron chi connectivity index (χ1n) is 23.9. The fraction of sp³-hybridized carbons (Fsp3) is 0.390. The first-order valence-corrected chi connectivity index (χ1v) is 23.9. The van der Waals surface area contributed by atoms with Crippen LogP contribution in [0.3, 0.4) is 0 Å². The van der Waals surface area contributed by atoms with Gasteiger partial charge < -0.3 is 33.5 Å². The first-order chi connectivity index (χ1) is 31.8. The van der Waals surface area contributed by atoms with Crippen LogP contribution in [-0.2, 0) is 53.8 Å². The van der Waals surface area contributed by atoms with Gasteiger partial charge in [-0.3, -0.25) is 0 Å². The number of aryl methyl sites for hydroxylation is 4. The van der Waals surface area contributed by atoms with Crippen molar-refractivity contribution in [2.24, 2.45) is 0 Å². The lowest BCUT2D eigenvalue weighted by atomic mass is 9.70. The monoisotopic (exact) mass is 884 g/mol. The molecule has 5 unspecified atom stereocenters. The number of aliphatic hydroxyl groups excluding tert-OH is 1. The first kappa shape index (κ1) is 44.6. The van der Waals surface area contributed by atoms with Crippen LogP contribution in [0.1, 0.15) is 114 Å². The predicted octanol–water partition coefficient (Wildman–Crippen LogP) is 11.3. The maximum Gasteiger partial charge on any atom is 0.202 e. The summed E-state index contributed by atoms with van der Waals surface area (Å²) >= 11 is 0. The van der Waals surface area contributed by atoms with Gasteiger partial charge in [-0.25, -0.2) is 0 Å². The second kappa shape index (κ2) is 17.7. The van der Waals surface area contributed by atoms with Crippen LogP contribution in [-0.4, -0.2) is 56.6 Å². The zero-order valence-electron chi connectivity index (χ0n) is 39.4. The molecule has 0 saturated carbocycles. The van der Waals surface area contributed by atoms with Gasteiger partial charge in [0.05, 0.1) is 37.6 Å². The minimum Gasteiger partial charge on any atom is -0.491 e. The average Bonchev–Trinajstić information content (AvgIpc) is 3.97. The van der Waals surface area contributed by atoms with E-state index in [2.05, 4.69) is 163 Å². The van der Waals surface area contributed by atoms with Gasteiger partial charge in [-0.05, 0) is 147 Å². The third-order valence-corrected chi connectivity index (χ3v) is 14.9. The van der Waals surface area contributed by atoms with Gasteiger partial charge in [0, 0.05) is 17.3 Å². The molecular formula is C59H64O7. The van der Waals surface area contributed by atoms with Gasteiger partial charge in [0.1, 0.15) is 30.3 Å². The van der Waals surface area contributed by atoms with E-state index < -0.39 is 17.3 Å². The van der Waals surface area contributed by atoms with Crippen LogP contribution in [0.2, 0.25) is 0 Å². The smallest absolute Gasteiger partial charge is 0.202 e. The zero-order valence-corrected chi connectivity index (χ0v) is 39.4. The van der Waals surface area contributed by atoms with Crippen LogP contribution >= 0.6 is 0 Å². The van der Waals surface area contributed by atoms with E-state index in [9.17, 15) is 5.11 Å². The predicted molar refractivity (Wildman–Crippen MR) is 259 cm³/mol. The fourth-order valence-electron chi connectivity index (χ4n) is 10.7. The standard InChI is InChI=1S/C59H64O7/c1-39-7-9-41-27-30-58(53(41)33-39,45-17-13-44(14-18-45)57(5,6)65-38-52-37-63-52)47-19-23-50(24-20-47)62-35-49(60)36-64-56(3,4)43-11-15-46(16-12-43)59(31-28-42-10-8-40(2)34-54(42)59)48-21-25-51(26-22-48)66-55-29-32-61-55/h7-26,33-34,49,52,55,60H,27-32,35-38H2,1-6H3. The highest BCUT2D eigenvalue weighted by Gasteiger charge is 2.44. The molecule has 2 fully saturated rings. The van der Waals surface area contributed by atoms with Crippen molar-refractivity contribution in [3.8, 4) is 11.5 Å². The van der Waals surface area contributed by atoms with Gasteiger partial charge >= 0.3 is 0 Å². The molecule has 66 heavy (non-hydrogen) atoms. The number of epoxide rings is 1. The fourth-order valence-corrected chi connectivity index (χ4v) is 10.7. The van der Waals surface area contributed by atoms with Crippen LogP contribution in [0.15, 0.2) is 133 Å². The van der Waals surface area contributed by atoms with E-state index >= 15 is 0 Å². The molecule has 5 atom stereocenters. The molecular weight excluding hydrogens is 821 g/mol. The molecule has 2 heterocycles. The van der Waals surface area contributed by atoms with E-state index in [-0.39, 0.29) is 36.4 Å². The lowest BCUT2D eigenvalue weighted by molar-refractivity contribution is -0.165. The number of hydrogen-bond donors (Lipinski definition) is 1. The molecule has 2 saturated heterocycles. The summed E-state index contributed by atoms with van der Waals surface area (Å²) in [5.41, 5.74) is 13.6. The van der Waals surface area contributed by atoms with Crippen LogP contribution in [0.5, 0.6) is 11.5 Å². The molecule has 0 radical (unpaired) electrons. The molecule has 2 aliphatic heterocycles. The average molecular weight is 885 g/mol. The highest BCUT2D eigenvalue weighted by Crippen LogP contribution is 2.51. The number of rotatable bonds is 17. The number of benzene rings is 6. The van der Waals surface area contributed by atoms with Gasteiger partial charge in [-0.1, -0.05) is 120 Å². The Balaban J connectivity index is 0.808.